The first-order chi connectivity index (χ1) is 20.0. The van der Waals surface area contributed by atoms with Crippen molar-refractivity contribution in [1.82, 2.24) is 25.3 Å². The summed E-state index contributed by atoms with van der Waals surface area (Å²) in [6.45, 7) is 4.97. The average Bonchev–Trinajstić information content (AvgIpc) is 3.70. The van der Waals surface area contributed by atoms with Gasteiger partial charge in [-0.05, 0) is 96.0 Å². The largest absolute Gasteiger partial charge is 0.473 e. The van der Waals surface area contributed by atoms with E-state index >= 15 is 0 Å². The molecule has 0 aromatic carbocycles. The van der Waals surface area contributed by atoms with E-state index < -0.39 is 0 Å². The number of hydrogen-bond acceptors (Lipinski definition) is 10. The molecule has 10 heteroatoms. The zero-order chi connectivity index (χ0) is 28.1. The third-order valence-electron chi connectivity index (χ3n) is 9.59. The van der Waals surface area contributed by atoms with E-state index in [1.54, 1.807) is 11.3 Å². The second-order valence-corrected chi connectivity index (χ2v) is 13.1. The maximum atomic E-state index is 10.0. The van der Waals surface area contributed by atoms with Gasteiger partial charge in [0.2, 0.25) is 5.88 Å². The van der Waals surface area contributed by atoms with E-state index in [1.807, 2.05) is 6.07 Å². The van der Waals surface area contributed by atoms with E-state index in [2.05, 4.69) is 41.5 Å². The van der Waals surface area contributed by atoms with Crippen molar-refractivity contribution in [3.63, 3.8) is 0 Å². The Labute approximate surface area is 244 Å². The van der Waals surface area contributed by atoms with Crippen molar-refractivity contribution in [1.29, 1.82) is 5.26 Å². The average molecular weight is 572 g/mol. The fourth-order valence-electron chi connectivity index (χ4n) is 7.63. The molecule has 9 nitrogen and oxygen atoms in total. The number of anilines is 1. The second-order valence-electron chi connectivity index (χ2n) is 12.0. The van der Waals surface area contributed by atoms with Crippen LogP contribution in [0, 0.1) is 11.3 Å². The van der Waals surface area contributed by atoms with Crippen molar-refractivity contribution in [2.45, 2.75) is 82.3 Å². The van der Waals surface area contributed by atoms with Crippen molar-refractivity contribution in [2.75, 3.05) is 32.4 Å². The van der Waals surface area contributed by atoms with Crippen LogP contribution in [-0.4, -0.2) is 58.9 Å². The van der Waals surface area contributed by atoms with Crippen molar-refractivity contribution in [3.8, 4) is 23.5 Å². The van der Waals surface area contributed by atoms with Gasteiger partial charge in [0.1, 0.15) is 17.2 Å². The molecule has 2 aliphatic carbocycles. The van der Waals surface area contributed by atoms with Gasteiger partial charge in [-0.3, -0.25) is 4.90 Å². The minimum atomic E-state index is -0.373. The van der Waals surface area contributed by atoms with Gasteiger partial charge in [-0.25, -0.2) is 4.98 Å². The summed E-state index contributed by atoms with van der Waals surface area (Å²) in [6, 6.07) is 4.76. The number of nitrogens with zero attached hydrogens (tertiary/aromatic N) is 5. The fourth-order valence-corrected chi connectivity index (χ4v) is 8.79. The summed E-state index contributed by atoms with van der Waals surface area (Å²) < 4.78 is 12.8. The van der Waals surface area contributed by atoms with Gasteiger partial charge < -0.3 is 20.3 Å². The Morgan fingerprint density at radius 2 is 2.10 bits per heavy atom. The first-order valence-corrected chi connectivity index (χ1v) is 15.8. The number of ether oxygens (including phenoxy) is 1. The zero-order valence-corrected chi connectivity index (χ0v) is 24.6. The topological polar surface area (TPSA) is 126 Å². The number of fused-ring (bicyclic) bond motifs is 4. The van der Waals surface area contributed by atoms with Gasteiger partial charge >= 0.3 is 0 Å². The molecule has 214 valence electrons. The summed E-state index contributed by atoms with van der Waals surface area (Å²) in [5, 5.41) is 18.7. The number of likely N-dealkylation sites (tertiary alicyclic amines) is 1. The van der Waals surface area contributed by atoms with Crippen molar-refractivity contribution in [2.24, 2.45) is 0 Å². The molecule has 3 N–H and O–H groups in total. The van der Waals surface area contributed by atoms with Crippen LogP contribution in [0.25, 0.3) is 17.1 Å². The molecule has 1 fully saturated rings. The lowest BCUT2D eigenvalue weighted by atomic mass is 9.63. The lowest BCUT2D eigenvalue weighted by molar-refractivity contribution is 0.117. The quantitative estimate of drug-likeness (QED) is 0.442. The van der Waals surface area contributed by atoms with E-state index in [1.165, 1.54) is 16.9 Å². The van der Waals surface area contributed by atoms with Crippen LogP contribution in [0.15, 0.2) is 16.7 Å². The number of aryl methyl sites for hydroxylation is 1. The van der Waals surface area contributed by atoms with Crippen LogP contribution >= 0.6 is 11.3 Å². The summed E-state index contributed by atoms with van der Waals surface area (Å²) in [4.78, 5) is 13.6. The van der Waals surface area contributed by atoms with Crippen LogP contribution in [0.1, 0.15) is 84.9 Å². The lowest BCUT2D eigenvalue weighted by Crippen LogP contribution is -2.38. The summed E-state index contributed by atoms with van der Waals surface area (Å²) in [6.07, 6.45) is 11.1. The Kier molecular flexibility index (Phi) is 6.84. The van der Waals surface area contributed by atoms with Crippen LogP contribution in [0.5, 0.6) is 5.88 Å². The highest BCUT2D eigenvalue weighted by molar-refractivity contribution is 7.16. The molecule has 7 rings (SSSR count). The molecule has 0 unspecified atom stereocenters. The Balaban J connectivity index is 1.32. The number of nitrogen functional groups attached to an aromatic ring is 1. The number of likely N-dealkylation sites (N-methyl/N-ethyl adjacent to an activating group) is 1. The summed E-state index contributed by atoms with van der Waals surface area (Å²) in [5.41, 5.74) is 11.5. The SMILES string of the molecule is C[C@H](Oc1cc(C2=CCNCC2)nc(-c2noc3c2CCC[C@@]32CCCc3sc(N)c(C#N)c32)n1)[C@@H]1CCCN1C. The highest BCUT2D eigenvalue weighted by atomic mass is 32.1. The molecule has 3 atom stereocenters. The minimum absolute atomic E-state index is 0.00343. The van der Waals surface area contributed by atoms with Gasteiger partial charge in [0.15, 0.2) is 17.3 Å². The Bertz CT molecular complexity index is 1550. The predicted octanol–water partition coefficient (Wildman–Crippen LogP) is 4.84. The number of nitriles is 1. The predicted molar refractivity (Wildman–Crippen MR) is 159 cm³/mol. The third kappa shape index (κ3) is 4.46. The Morgan fingerprint density at radius 1 is 1.24 bits per heavy atom. The Morgan fingerprint density at radius 3 is 2.85 bits per heavy atom. The zero-order valence-electron chi connectivity index (χ0n) is 23.8. The van der Waals surface area contributed by atoms with E-state index in [0.717, 1.165) is 93.6 Å². The van der Waals surface area contributed by atoms with Crippen molar-refractivity contribution in [3.05, 3.63) is 45.2 Å². The molecular weight excluding hydrogens is 534 g/mol. The number of nitrogens with one attached hydrogen (secondary N) is 1. The molecular formula is C31H37N7O2S. The van der Waals surface area contributed by atoms with Gasteiger partial charge in [0, 0.05) is 29.1 Å². The first kappa shape index (κ1) is 26.6. The highest BCUT2D eigenvalue weighted by Crippen LogP contribution is 2.55. The van der Waals surface area contributed by atoms with Gasteiger partial charge in [-0.15, -0.1) is 11.3 Å². The minimum Gasteiger partial charge on any atom is -0.473 e. The van der Waals surface area contributed by atoms with Crippen LogP contribution in [-0.2, 0) is 18.3 Å². The van der Waals surface area contributed by atoms with E-state index in [9.17, 15) is 5.26 Å². The van der Waals surface area contributed by atoms with Gasteiger partial charge in [-0.2, -0.15) is 10.2 Å². The second kappa shape index (κ2) is 10.5. The van der Waals surface area contributed by atoms with Crippen LogP contribution in [0.3, 0.4) is 0 Å². The molecule has 1 saturated heterocycles. The molecule has 0 radical (unpaired) electrons. The van der Waals surface area contributed by atoms with Crippen molar-refractivity contribution >= 4 is 21.9 Å². The lowest BCUT2D eigenvalue weighted by Gasteiger charge is -2.39. The maximum Gasteiger partial charge on any atom is 0.217 e. The van der Waals surface area contributed by atoms with E-state index in [4.69, 9.17) is 25.0 Å². The summed E-state index contributed by atoms with van der Waals surface area (Å²) >= 11 is 1.56. The smallest absolute Gasteiger partial charge is 0.217 e. The van der Waals surface area contributed by atoms with Crippen LogP contribution < -0.4 is 15.8 Å². The third-order valence-corrected chi connectivity index (χ3v) is 10.7. The molecule has 2 aliphatic heterocycles. The van der Waals surface area contributed by atoms with Gasteiger partial charge in [0.05, 0.1) is 16.7 Å². The maximum absolute atomic E-state index is 10.0. The normalized spacial score (nSPS) is 24.9. The molecule has 41 heavy (non-hydrogen) atoms. The number of thiophene rings is 1. The monoisotopic (exact) mass is 571 g/mol. The number of rotatable bonds is 5. The molecule has 3 aromatic heterocycles. The molecule has 0 amide bonds. The molecule has 0 bridgehead atoms. The van der Waals surface area contributed by atoms with Gasteiger partial charge in [0.25, 0.3) is 0 Å². The fraction of sp³-hybridized carbons (Fsp3) is 0.548. The molecule has 0 saturated carbocycles. The number of hydrogen-bond donors (Lipinski definition) is 2. The number of nitrogens with two attached hydrogens (primary N) is 1. The molecule has 1 spiro atoms. The van der Waals surface area contributed by atoms with Gasteiger partial charge in [-0.1, -0.05) is 11.2 Å². The molecule has 5 heterocycles. The summed E-state index contributed by atoms with van der Waals surface area (Å²) in [5.74, 6) is 2.00. The first-order valence-electron chi connectivity index (χ1n) is 15.0. The standard InChI is InChI=1S/C31H37N7O2S/c1-18(23-7-5-15-38(23)2)39-25-16-22(19-9-13-34-14-10-19)35-30(36-25)27-20-6-3-11-31(28(20)40-37-27)12-4-8-24-26(31)21(17-32)29(33)41-24/h9,16,18,23,34H,3-8,10-15,33H2,1-2H3/t18-,23-,31-/m0/s1. The summed E-state index contributed by atoms with van der Waals surface area (Å²) in [7, 11) is 2.17. The van der Waals surface area contributed by atoms with E-state index in [0.29, 0.717) is 34.0 Å². The highest BCUT2D eigenvalue weighted by Gasteiger charge is 2.48. The van der Waals surface area contributed by atoms with Crippen LogP contribution in [0.2, 0.25) is 0 Å². The number of aromatic nitrogens is 3. The van der Waals surface area contributed by atoms with Crippen molar-refractivity contribution < 1.29 is 9.26 Å². The Hall–Kier alpha value is -3.26. The van der Waals surface area contributed by atoms with E-state index in [-0.39, 0.29) is 11.5 Å². The molecule has 3 aromatic rings. The van der Waals surface area contributed by atoms with Crippen LogP contribution in [0.4, 0.5) is 5.00 Å². The molecule has 4 aliphatic rings.